The van der Waals surface area contributed by atoms with E-state index in [1.807, 2.05) is 28.0 Å². The van der Waals surface area contributed by atoms with E-state index in [1.165, 1.54) is 22.0 Å². The molecular weight excluding hydrogens is 445 g/mol. The first kappa shape index (κ1) is 21.6. The first-order chi connectivity index (χ1) is 14.3. The molecule has 0 bridgehead atoms. The summed E-state index contributed by atoms with van der Waals surface area (Å²) in [6, 6.07) is 12.8. The van der Waals surface area contributed by atoms with E-state index in [0.29, 0.717) is 13.1 Å². The molecule has 0 saturated carbocycles. The first-order valence-electron chi connectivity index (χ1n) is 9.85. The van der Waals surface area contributed by atoms with E-state index >= 15 is 0 Å². The van der Waals surface area contributed by atoms with Crippen molar-refractivity contribution >= 4 is 44.8 Å². The average molecular weight is 468 g/mol. The van der Waals surface area contributed by atoms with Gasteiger partial charge in [0.25, 0.3) is 0 Å². The van der Waals surface area contributed by atoms with E-state index in [-0.39, 0.29) is 46.5 Å². The summed E-state index contributed by atoms with van der Waals surface area (Å²) < 4.78 is 27.4. The molecule has 0 N–H and O–H groups in total. The Morgan fingerprint density at radius 3 is 2.30 bits per heavy atom. The molecule has 1 amide bonds. The summed E-state index contributed by atoms with van der Waals surface area (Å²) in [5, 5.41) is 0.226. The van der Waals surface area contributed by atoms with Crippen molar-refractivity contribution in [3.05, 3.63) is 58.1 Å². The maximum absolute atomic E-state index is 13.0. The molecule has 4 rings (SSSR count). The van der Waals surface area contributed by atoms with Crippen LogP contribution in [0.15, 0.2) is 47.4 Å². The van der Waals surface area contributed by atoms with Crippen molar-refractivity contribution in [2.24, 2.45) is 0 Å². The van der Waals surface area contributed by atoms with E-state index in [1.54, 1.807) is 6.07 Å². The van der Waals surface area contributed by atoms with Crippen LogP contribution in [0.2, 0.25) is 10.0 Å². The number of para-hydroxylation sites is 1. The van der Waals surface area contributed by atoms with Gasteiger partial charge in [-0.15, -0.1) is 0 Å². The SMILES string of the molecule is CC1Cc2ccccc2N1C(=O)CN1CCN(S(=O)(=O)c2c(Cl)cccc2Cl)CC1. The van der Waals surface area contributed by atoms with Crippen LogP contribution in [0.4, 0.5) is 5.69 Å². The fourth-order valence-corrected chi connectivity index (χ4v) is 6.71. The minimum absolute atomic E-state index is 0.0397. The number of fused-ring (bicyclic) bond motifs is 1. The molecule has 0 spiro atoms. The molecule has 2 aromatic rings. The first-order valence-corrected chi connectivity index (χ1v) is 12.0. The second kappa shape index (κ2) is 8.48. The van der Waals surface area contributed by atoms with Crippen molar-refractivity contribution in [3.8, 4) is 0 Å². The summed E-state index contributed by atoms with van der Waals surface area (Å²) in [5.41, 5.74) is 2.16. The Morgan fingerprint density at radius 2 is 1.63 bits per heavy atom. The van der Waals surface area contributed by atoms with Crippen LogP contribution in [0.25, 0.3) is 0 Å². The van der Waals surface area contributed by atoms with Gasteiger partial charge in [-0.2, -0.15) is 4.31 Å². The van der Waals surface area contributed by atoms with E-state index in [4.69, 9.17) is 23.2 Å². The molecule has 2 heterocycles. The van der Waals surface area contributed by atoms with E-state index < -0.39 is 10.0 Å². The van der Waals surface area contributed by atoms with Crippen LogP contribution in [-0.4, -0.2) is 62.3 Å². The molecule has 0 aromatic heterocycles. The monoisotopic (exact) mass is 467 g/mol. The molecule has 6 nitrogen and oxygen atoms in total. The number of rotatable bonds is 4. The Hall–Kier alpha value is -1.64. The number of sulfonamides is 1. The Bertz CT molecular complexity index is 1050. The van der Waals surface area contributed by atoms with Gasteiger partial charge in [-0.25, -0.2) is 8.42 Å². The molecule has 2 aliphatic rings. The number of piperazine rings is 1. The highest BCUT2D eigenvalue weighted by molar-refractivity contribution is 7.89. The van der Waals surface area contributed by atoms with E-state index in [9.17, 15) is 13.2 Å². The normalized spacial score (nSPS) is 20.4. The quantitative estimate of drug-likeness (QED) is 0.691. The molecule has 1 unspecified atom stereocenters. The fourth-order valence-electron chi connectivity index (χ4n) is 4.20. The molecule has 1 atom stereocenters. The predicted octanol–water partition coefficient (Wildman–Crippen LogP) is 3.28. The number of halogens is 2. The van der Waals surface area contributed by atoms with Crippen LogP contribution in [0.1, 0.15) is 12.5 Å². The fraction of sp³-hybridized carbons (Fsp3) is 0.381. The highest BCUT2D eigenvalue weighted by Crippen LogP contribution is 2.33. The van der Waals surface area contributed by atoms with Gasteiger partial charge >= 0.3 is 0 Å². The number of hydrogen-bond donors (Lipinski definition) is 0. The third kappa shape index (κ3) is 3.97. The van der Waals surface area contributed by atoms with Crippen molar-refractivity contribution in [1.29, 1.82) is 0 Å². The van der Waals surface area contributed by atoms with Crippen LogP contribution in [-0.2, 0) is 21.2 Å². The van der Waals surface area contributed by atoms with Crippen molar-refractivity contribution in [3.63, 3.8) is 0 Å². The number of nitrogens with zero attached hydrogens (tertiary/aromatic N) is 3. The average Bonchev–Trinajstić information content (AvgIpc) is 3.04. The summed E-state index contributed by atoms with van der Waals surface area (Å²) in [6.07, 6.45) is 0.854. The summed E-state index contributed by atoms with van der Waals surface area (Å²) in [5.74, 6) is 0.0397. The molecule has 160 valence electrons. The van der Waals surface area contributed by atoms with Crippen LogP contribution >= 0.6 is 23.2 Å². The van der Waals surface area contributed by atoms with Gasteiger partial charge < -0.3 is 4.90 Å². The smallest absolute Gasteiger partial charge is 0.246 e. The van der Waals surface area contributed by atoms with Gasteiger partial charge in [0.2, 0.25) is 15.9 Å². The zero-order valence-electron chi connectivity index (χ0n) is 16.6. The van der Waals surface area contributed by atoms with Crippen LogP contribution < -0.4 is 4.90 Å². The highest BCUT2D eigenvalue weighted by Gasteiger charge is 2.34. The maximum Gasteiger partial charge on any atom is 0.246 e. The third-order valence-corrected chi connectivity index (χ3v) is 8.54. The lowest BCUT2D eigenvalue weighted by molar-refractivity contribution is -0.120. The van der Waals surface area contributed by atoms with Crippen molar-refractivity contribution in [2.75, 3.05) is 37.6 Å². The summed E-state index contributed by atoms with van der Waals surface area (Å²) in [7, 11) is -3.79. The van der Waals surface area contributed by atoms with Crippen LogP contribution in [0.5, 0.6) is 0 Å². The van der Waals surface area contributed by atoms with Gasteiger partial charge in [-0.1, -0.05) is 47.5 Å². The zero-order chi connectivity index (χ0) is 21.5. The van der Waals surface area contributed by atoms with Crippen molar-refractivity contribution < 1.29 is 13.2 Å². The van der Waals surface area contributed by atoms with Crippen molar-refractivity contribution in [1.82, 2.24) is 9.21 Å². The standard InChI is InChI=1S/C21H23Cl2N3O3S/c1-15-13-16-5-2-3-8-19(16)26(15)20(27)14-24-9-11-25(12-10-24)30(28,29)21-17(22)6-4-7-18(21)23/h2-8,15H,9-14H2,1H3. The van der Waals surface area contributed by atoms with E-state index in [0.717, 1.165) is 12.1 Å². The molecule has 9 heteroatoms. The molecule has 2 aromatic carbocycles. The molecule has 1 saturated heterocycles. The lowest BCUT2D eigenvalue weighted by Gasteiger charge is -2.35. The van der Waals surface area contributed by atoms with Gasteiger partial charge in [0.15, 0.2) is 0 Å². The maximum atomic E-state index is 13.0. The summed E-state index contributed by atoms with van der Waals surface area (Å²) in [4.78, 5) is 16.8. The lowest BCUT2D eigenvalue weighted by atomic mass is 10.1. The second-order valence-electron chi connectivity index (χ2n) is 7.68. The molecule has 30 heavy (non-hydrogen) atoms. The number of carbonyl (C=O) groups is 1. The minimum Gasteiger partial charge on any atom is -0.308 e. The van der Waals surface area contributed by atoms with Crippen molar-refractivity contribution in [2.45, 2.75) is 24.3 Å². The predicted molar refractivity (Wildman–Crippen MR) is 119 cm³/mol. The van der Waals surface area contributed by atoms with Gasteiger partial charge in [0, 0.05) is 37.9 Å². The molecule has 1 fully saturated rings. The largest absolute Gasteiger partial charge is 0.308 e. The number of carbonyl (C=O) groups excluding carboxylic acids is 1. The van der Waals surface area contributed by atoms with Gasteiger partial charge in [-0.05, 0) is 37.1 Å². The number of benzene rings is 2. The van der Waals surface area contributed by atoms with E-state index in [2.05, 4.69) is 13.0 Å². The Kier molecular flexibility index (Phi) is 6.10. The minimum atomic E-state index is -3.79. The number of amides is 1. The second-order valence-corrected chi connectivity index (χ2v) is 10.4. The Labute approximate surface area is 187 Å². The Balaban J connectivity index is 1.41. The van der Waals surface area contributed by atoms with Gasteiger partial charge in [0.05, 0.1) is 16.6 Å². The van der Waals surface area contributed by atoms with Gasteiger partial charge in [-0.3, -0.25) is 9.69 Å². The van der Waals surface area contributed by atoms with Crippen LogP contribution in [0.3, 0.4) is 0 Å². The third-order valence-electron chi connectivity index (χ3n) is 5.68. The molecule has 0 radical (unpaired) electrons. The summed E-state index contributed by atoms with van der Waals surface area (Å²) >= 11 is 12.2. The zero-order valence-corrected chi connectivity index (χ0v) is 18.9. The lowest BCUT2D eigenvalue weighted by Crippen LogP contribution is -2.52. The summed E-state index contributed by atoms with van der Waals surface area (Å²) in [6.45, 7) is 3.82. The molecule has 0 aliphatic carbocycles. The van der Waals surface area contributed by atoms with Gasteiger partial charge in [0.1, 0.15) is 4.90 Å². The molecular formula is C21H23Cl2N3O3S. The number of anilines is 1. The molecule has 2 aliphatic heterocycles. The highest BCUT2D eigenvalue weighted by atomic mass is 35.5. The van der Waals surface area contributed by atoms with Crippen LogP contribution in [0, 0.1) is 0 Å². The Morgan fingerprint density at radius 1 is 1.00 bits per heavy atom. The number of hydrogen-bond acceptors (Lipinski definition) is 4. The topological polar surface area (TPSA) is 60.9 Å².